The fourth-order valence-electron chi connectivity index (χ4n) is 1.74. The molecular weight excluding hydrogens is 426 g/mol. The second-order valence-corrected chi connectivity index (χ2v) is 8.03. The molecule has 0 fully saturated rings. The quantitative estimate of drug-likeness (QED) is 0.477. The van der Waals surface area contributed by atoms with Crippen LogP contribution in [-0.2, 0) is 36.2 Å². The number of hydrogen-bond acceptors (Lipinski definition) is 3. The first-order chi connectivity index (χ1) is 9.78. The zero-order chi connectivity index (χ0) is 15.1. The first-order valence-corrected chi connectivity index (χ1v) is 10.9. The summed E-state index contributed by atoms with van der Waals surface area (Å²) in [5, 5.41) is 0. The molecule has 0 aliphatic heterocycles. The summed E-state index contributed by atoms with van der Waals surface area (Å²) in [6, 6.07) is 8.72. The molecule has 3 nitrogen and oxygen atoms in total. The predicted molar refractivity (Wildman–Crippen MR) is 76.2 cm³/mol. The molecule has 0 spiro atoms. The monoisotopic (exact) mass is 448 g/mol. The summed E-state index contributed by atoms with van der Waals surface area (Å²) >= 11 is -2.97. The summed E-state index contributed by atoms with van der Waals surface area (Å²) in [6.45, 7) is 2.27. The molecule has 0 aliphatic rings. The van der Waals surface area contributed by atoms with Crippen molar-refractivity contribution in [1.29, 1.82) is 0 Å². The average molecular weight is 448 g/mol. The Morgan fingerprint density at radius 3 is 1.80 bits per heavy atom. The fourth-order valence-corrected chi connectivity index (χ4v) is 2.08. The van der Waals surface area contributed by atoms with Gasteiger partial charge in [-0.15, -0.1) is 0 Å². The summed E-state index contributed by atoms with van der Waals surface area (Å²) in [4.78, 5) is 28.2. The topological polar surface area (TPSA) is 51.2 Å². The molecule has 0 aliphatic carbocycles. The van der Waals surface area contributed by atoms with Crippen molar-refractivity contribution in [3.05, 3.63) is 29.8 Å². The van der Waals surface area contributed by atoms with E-state index in [-0.39, 0.29) is 0 Å². The summed E-state index contributed by atoms with van der Waals surface area (Å²) in [5.41, 5.74) is 1.51. The maximum atomic E-state index is 9.40. The molecular formula is C16H21O3Re-. The Morgan fingerprint density at radius 2 is 1.35 bits per heavy atom. The van der Waals surface area contributed by atoms with Crippen molar-refractivity contribution >= 4 is 13.1 Å². The molecule has 0 amide bonds. The van der Waals surface area contributed by atoms with Crippen LogP contribution in [0.5, 0.6) is 0 Å². The Kier molecular flexibility index (Phi) is 13.3. The third kappa shape index (κ3) is 10.7. The first kappa shape index (κ1) is 18.8. The second kappa shape index (κ2) is 14.2. The Labute approximate surface area is 124 Å². The normalized spacial score (nSPS) is 8.65. The van der Waals surface area contributed by atoms with Crippen molar-refractivity contribution in [2.75, 3.05) is 0 Å². The van der Waals surface area contributed by atoms with Gasteiger partial charge >= 0.3 is 42.8 Å². The van der Waals surface area contributed by atoms with Gasteiger partial charge in [-0.05, 0) is 0 Å². The summed E-state index contributed by atoms with van der Waals surface area (Å²) < 4.78 is 3.87. The first-order valence-electron chi connectivity index (χ1n) is 6.82. The van der Waals surface area contributed by atoms with E-state index in [1.54, 1.807) is 0 Å². The number of aryl methyl sites for hydroxylation is 1. The van der Waals surface area contributed by atoms with Gasteiger partial charge in [0.15, 0.2) is 0 Å². The van der Waals surface area contributed by atoms with Crippen LogP contribution in [0.25, 0.3) is 0 Å². The van der Waals surface area contributed by atoms with Gasteiger partial charge < -0.3 is 0 Å². The molecule has 0 radical (unpaired) electrons. The molecule has 0 unspecified atom stereocenters. The van der Waals surface area contributed by atoms with Gasteiger partial charge in [0.05, 0.1) is 0 Å². The van der Waals surface area contributed by atoms with Gasteiger partial charge in [-0.2, -0.15) is 17.7 Å². The van der Waals surface area contributed by atoms with Crippen LogP contribution >= 0.6 is 0 Å². The third-order valence-corrected chi connectivity index (χ3v) is 4.45. The van der Waals surface area contributed by atoms with E-state index in [9.17, 15) is 14.4 Å². The fraction of sp³-hybridized carbons (Fsp3) is 0.500. The van der Waals surface area contributed by atoms with Crippen LogP contribution in [0.1, 0.15) is 51.0 Å². The third-order valence-electron chi connectivity index (χ3n) is 2.78. The van der Waals surface area contributed by atoms with Crippen molar-refractivity contribution < 1.29 is 29.8 Å². The van der Waals surface area contributed by atoms with E-state index in [1.807, 2.05) is 0 Å². The number of carbonyl (C=O) groups excluding carboxylic acids is 3. The molecule has 0 heterocycles. The van der Waals surface area contributed by atoms with E-state index in [0.717, 1.165) is 0 Å². The Bertz CT molecular complexity index is 505. The van der Waals surface area contributed by atoms with E-state index in [1.165, 1.54) is 63.6 Å². The summed E-state index contributed by atoms with van der Waals surface area (Å²) in [7, 11) is 0. The van der Waals surface area contributed by atoms with Crippen molar-refractivity contribution in [3.63, 3.8) is 0 Å². The molecule has 4 heteroatoms. The Balaban J connectivity index is 0.000000441. The maximum absolute atomic E-state index is 9.40. The number of unbranched alkanes of at least 4 members (excludes halogenated alkanes) is 5. The van der Waals surface area contributed by atoms with Gasteiger partial charge in [-0.3, -0.25) is 0 Å². The van der Waals surface area contributed by atoms with Crippen LogP contribution < -0.4 is 0 Å². The van der Waals surface area contributed by atoms with E-state index < -0.39 is 15.4 Å². The molecule has 0 N–H and O–H groups in total. The molecule has 111 valence electrons. The average Bonchev–Trinajstić information content (AvgIpc) is 2.99. The van der Waals surface area contributed by atoms with Gasteiger partial charge in [-0.1, -0.05) is 51.9 Å². The van der Waals surface area contributed by atoms with E-state index in [2.05, 4.69) is 31.2 Å². The standard InChI is InChI=1S/C13H21.3CO.Re/c1-2-3-4-5-6-7-10-13-11-8-9-12-13;3*1-2;/h8-9,11-12H,2-7,10H2,1H3;;;;/q-1;;;;. The van der Waals surface area contributed by atoms with Crippen LogP contribution in [0.3, 0.4) is 0 Å². The van der Waals surface area contributed by atoms with Crippen LogP contribution in [-0.4, -0.2) is 13.1 Å². The van der Waals surface area contributed by atoms with E-state index in [0.29, 0.717) is 0 Å². The molecule has 1 aromatic rings. The van der Waals surface area contributed by atoms with Crippen LogP contribution in [0, 0.1) is 0 Å². The van der Waals surface area contributed by atoms with Crippen molar-refractivity contribution in [1.82, 2.24) is 0 Å². The molecule has 0 atom stereocenters. The van der Waals surface area contributed by atoms with Crippen molar-refractivity contribution in [3.8, 4) is 0 Å². The zero-order valence-corrected chi connectivity index (χ0v) is 14.6. The second-order valence-electron chi connectivity index (χ2n) is 4.33. The van der Waals surface area contributed by atoms with Gasteiger partial charge in [0.2, 0.25) is 0 Å². The van der Waals surface area contributed by atoms with Gasteiger partial charge in [0.1, 0.15) is 0 Å². The number of rotatable bonds is 7. The Hall–Kier alpha value is -1.25. The molecule has 0 saturated carbocycles. The molecule has 1 aromatic carbocycles. The van der Waals surface area contributed by atoms with Gasteiger partial charge in [0, 0.05) is 0 Å². The molecule has 1 rings (SSSR count). The van der Waals surface area contributed by atoms with Crippen molar-refractivity contribution in [2.45, 2.75) is 51.9 Å². The van der Waals surface area contributed by atoms with Gasteiger partial charge in [-0.25, -0.2) is 12.1 Å². The van der Waals surface area contributed by atoms with E-state index >= 15 is 0 Å². The predicted octanol–water partition coefficient (Wildman–Crippen LogP) is 3.11. The zero-order valence-electron chi connectivity index (χ0n) is 11.9. The minimum absolute atomic E-state index is 1.28. The SMILES string of the molecule is CCCCCCCC[c-]1cccc1.O=[C]=[Re](=[C]=O)=[C]=O. The van der Waals surface area contributed by atoms with Gasteiger partial charge in [0.25, 0.3) is 0 Å². The van der Waals surface area contributed by atoms with Crippen LogP contribution in [0.2, 0.25) is 0 Å². The van der Waals surface area contributed by atoms with Crippen LogP contribution in [0.4, 0.5) is 0 Å². The molecule has 0 saturated heterocycles. The van der Waals surface area contributed by atoms with Crippen LogP contribution in [0.15, 0.2) is 24.3 Å². The Morgan fingerprint density at radius 1 is 0.850 bits per heavy atom. The molecule has 0 bridgehead atoms. The minimum atomic E-state index is -2.97. The summed E-state index contributed by atoms with van der Waals surface area (Å²) in [5.74, 6) is 0. The molecule has 0 aromatic heterocycles. The van der Waals surface area contributed by atoms with Crippen molar-refractivity contribution in [2.24, 2.45) is 0 Å². The van der Waals surface area contributed by atoms with E-state index in [4.69, 9.17) is 0 Å². The molecule has 20 heavy (non-hydrogen) atoms. The number of hydrogen-bond donors (Lipinski definition) is 0. The summed E-state index contributed by atoms with van der Waals surface area (Å²) in [6.07, 6.45) is 9.67.